The highest BCUT2D eigenvalue weighted by Crippen LogP contribution is 2.21. The summed E-state index contributed by atoms with van der Waals surface area (Å²) in [5.41, 5.74) is 7.30. The van der Waals surface area contributed by atoms with Gasteiger partial charge in [-0.3, -0.25) is 0 Å². The van der Waals surface area contributed by atoms with E-state index in [2.05, 4.69) is 4.72 Å². The van der Waals surface area contributed by atoms with Crippen molar-refractivity contribution >= 4 is 38.9 Å². The second-order valence-corrected chi connectivity index (χ2v) is 6.85. The molecule has 0 atom stereocenters. The smallest absolute Gasteiger partial charge is 0.240 e. The lowest BCUT2D eigenvalue weighted by atomic mass is 10.1. The van der Waals surface area contributed by atoms with Crippen LogP contribution in [0.25, 0.3) is 10.8 Å². The normalized spacial score (nSPS) is 11.1. The third kappa shape index (κ3) is 4.01. The molecule has 23 heavy (non-hydrogen) atoms. The Morgan fingerprint density at radius 3 is 2.26 bits per heavy atom. The third-order valence-corrected chi connectivity index (χ3v) is 4.85. The Kier molecular flexibility index (Phi) is 5.26. The van der Waals surface area contributed by atoms with E-state index in [1.165, 1.54) is 0 Å². The van der Waals surface area contributed by atoms with Gasteiger partial charge in [-0.2, -0.15) is 0 Å². The van der Waals surface area contributed by atoms with Gasteiger partial charge in [0.2, 0.25) is 10.0 Å². The Balaban J connectivity index is 0.00000192. The first kappa shape index (κ1) is 17.3. The lowest BCUT2D eigenvalue weighted by Crippen LogP contribution is -2.23. The predicted molar refractivity (Wildman–Crippen MR) is 96.1 cm³/mol. The van der Waals surface area contributed by atoms with Crippen molar-refractivity contribution in [3.05, 3.63) is 72.3 Å². The molecule has 0 unspecified atom stereocenters. The number of nitrogen functional groups attached to an aromatic ring is 1. The number of anilines is 1. The Bertz CT molecular complexity index is 912. The van der Waals surface area contributed by atoms with Crippen molar-refractivity contribution in [2.75, 3.05) is 5.73 Å². The van der Waals surface area contributed by atoms with Gasteiger partial charge in [0.1, 0.15) is 0 Å². The predicted octanol–water partition coefficient (Wildman–Crippen LogP) is 3.32. The van der Waals surface area contributed by atoms with Crippen molar-refractivity contribution in [1.82, 2.24) is 4.72 Å². The number of hydrogen-bond acceptors (Lipinski definition) is 3. The van der Waals surface area contributed by atoms with Crippen LogP contribution in [0.5, 0.6) is 0 Å². The highest BCUT2D eigenvalue weighted by molar-refractivity contribution is 7.89. The quantitative estimate of drug-likeness (QED) is 0.710. The molecule has 0 spiro atoms. The Labute approximate surface area is 141 Å². The molecule has 120 valence electrons. The van der Waals surface area contributed by atoms with E-state index >= 15 is 0 Å². The fraction of sp³-hybridized carbons (Fsp3) is 0.0588. The van der Waals surface area contributed by atoms with E-state index in [-0.39, 0.29) is 23.8 Å². The van der Waals surface area contributed by atoms with Crippen LogP contribution in [-0.4, -0.2) is 8.42 Å². The Morgan fingerprint density at radius 1 is 0.870 bits per heavy atom. The summed E-state index contributed by atoms with van der Waals surface area (Å²) in [6.07, 6.45) is 0. The number of sulfonamides is 1. The number of fused-ring (bicyclic) bond motifs is 1. The van der Waals surface area contributed by atoms with E-state index in [0.717, 1.165) is 16.3 Å². The van der Waals surface area contributed by atoms with Crippen LogP contribution in [0.15, 0.2) is 71.6 Å². The molecule has 3 aromatic rings. The molecule has 0 aliphatic heterocycles. The van der Waals surface area contributed by atoms with Gasteiger partial charge in [-0.25, -0.2) is 13.1 Å². The fourth-order valence-electron chi connectivity index (χ4n) is 2.27. The number of hydrogen-bond donors (Lipinski definition) is 2. The van der Waals surface area contributed by atoms with Crippen LogP contribution in [0.3, 0.4) is 0 Å². The number of halogens is 1. The molecule has 0 radical (unpaired) electrons. The molecule has 3 aromatic carbocycles. The molecular weight excluding hydrogens is 332 g/mol. The fourth-order valence-corrected chi connectivity index (χ4v) is 3.32. The van der Waals surface area contributed by atoms with Crippen molar-refractivity contribution in [2.24, 2.45) is 0 Å². The van der Waals surface area contributed by atoms with E-state index in [1.807, 2.05) is 42.5 Å². The van der Waals surface area contributed by atoms with Gasteiger partial charge < -0.3 is 5.73 Å². The molecule has 0 saturated carbocycles. The minimum atomic E-state index is -3.54. The van der Waals surface area contributed by atoms with Crippen molar-refractivity contribution in [2.45, 2.75) is 11.4 Å². The standard InChI is InChI=1S/C17H16N2O2S.ClH/c18-16-8-6-15-11-17(9-7-14(15)10-16)22(20,21)19-12-13-4-2-1-3-5-13;/h1-11,19H,12,18H2;1H. The molecule has 0 amide bonds. The lowest BCUT2D eigenvalue weighted by Gasteiger charge is -2.08. The summed E-state index contributed by atoms with van der Waals surface area (Å²) >= 11 is 0. The molecule has 0 aliphatic carbocycles. The van der Waals surface area contributed by atoms with Crippen LogP contribution in [0.1, 0.15) is 5.56 Å². The highest BCUT2D eigenvalue weighted by Gasteiger charge is 2.14. The molecule has 3 rings (SSSR count). The Morgan fingerprint density at radius 2 is 1.52 bits per heavy atom. The SMILES string of the molecule is Cl.Nc1ccc2cc(S(=O)(=O)NCc3ccccc3)ccc2c1. The van der Waals surface area contributed by atoms with E-state index in [0.29, 0.717) is 5.69 Å². The van der Waals surface area contributed by atoms with E-state index in [9.17, 15) is 8.42 Å². The first-order valence-electron chi connectivity index (χ1n) is 6.87. The topological polar surface area (TPSA) is 72.2 Å². The number of nitrogens with two attached hydrogens (primary N) is 1. The summed E-state index contributed by atoms with van der Waals surface area (Å²) in [6, 6.07) is 19.8. The van der Waals surface area contributed by atoms with Gasteiger partial charge in [-0.1, -0.05) is 42.5 Å². The summed E-state index contributed by atoms with van der Waals surface area (Å²) in [4.78, 5) is 0.251. The van der Waals surface area contributed by atoms with Crippen LogP contribution in [0.2, 0.25) is 0 Å². The molecule has 0 bridgehead atoms. The van der Waals surface area contributed by atoms with E-state index in [4.69, 9.17) is 5.73 Å². The van der Waals surface area contributed by atoms with Crippen LogP contribution in [0, 0.1) is 0 Å². The van der Waals surface area contributed by atoms with Gasteiger partial charge in [0.15, 0.2) is 0 Å². The second kappa shape index (κ2) is 7.00. The largest absolute Gasteiger partial charge is 0.399 e. The maximum absolute atomic E-state index is 12.4. The van der Waals surface area contributed by atoms with Crippen molar-refractivity contribution in [3.8, 4) is 0 Å². The van der Waals surface area contributed by atoms with Crippen LogP contribution in [-0.2, 0) is 16.6 Å². The van der Waals surface area contributed by atoms with E-state index in [1.54, 1.807) is 24.3 Å². The molecule has 4 nitrogen and oxygen atoms in total. The molecule has 0 saturated heterocycles. The number of nitrogens with one attached hydrogen (secondary N) is 1. The third-order valence-electron chi connectivity index (χ3n) is 3.46. The zero-order valence-corrected chi connectivity index (χ0v) is 13.9. The molecular formula is C17H17ClN2O2S. The number of rotatable bonds is 4. The lowest BCUT2D eigenvalue weighted by molar-refractivity contribution is 0.581. The molecule has 0 fully saturated rings. The molecule has 0 aliphatic rings. The minimum Gasteiger partial charge on any atom is -0.399 e. The minimum absolute atomic E-state index is 0. The summed E-state index contributed by atoms with van der Waals surface area (Å²) in [5, 5.41) is 1.76. The van der Waals surface area contributed by atoms with Gasteiger partial charge in [-0.15, -0.1) is 12.4 Å². The summed E-state index contributed by atoms with van der Waals surface area (Å²) in [6.45, 7) is 0.267. The zero-order valence-electron chi connectivity index (χ0n) is 12.3. The summed E-state index contributed by atoms with van der Waals surface area (Å²) in [7, 11) is -3.54. The molecule has 3 N–H and O–H groups in total. The molecule has 0 heterocycles. The number of benzene rings is 3. The van der Waals surface area contributed by atoms with Crippen molar-refractivity contribution in [3.63, 3.8) is 0 Å². The van der Waals surface area contributed by atoms with Gasteiger partial charge in [0.05, 0.1) is 4.90 Å². The van der Waals surface area contributed by atoms with Crippen LogP contribution < -0.4 is 10.5 Å². The average molecular weight is 349 g/mol. The second-order valence-electron chi connectivity index (χ2n) is 5.08. The van der Waals surface area contributed by atoms with E-state index < -0.39 is 10.0 Å². The van der Waals surface area contributed by atoms with Crippen LogP contribution in [0.4, 0.5) is 5.69 Å². The van der Waals surface area contributed by atoms with Gasteiger partial charge in [-0.05, 0) is 40.6 Å². The maximum atomic E-state index is 12.4. The molecule has 0 aromatic heterocycles. The zero-order chi connectivity index (χ0) is 15.6. The summed E-state index contributed by atoms with van der Waals surface area (Å²) in [5.74, 6) is 0. The van der Waals surface area contributed by atoms with Gasteiger partial charge >= 0.3 is 0 Å². The van der Waals surface area contributed by atoms with Crippen molar-refractivity contribution < 1.29 is 8.42 Å². The summed E-state index contributed by atoms with van der Waals surface area (Å²) < 4.78 is 27.4. The van der Waals surface area contributed by atoms with Crippen molar-refractivity contribution in [1.29, 1.82) is 0 Å². The van der Waals surface area contributed by atoms with Gasteiger partial charge in [0.25, 0.3) is 0 Å². The first-order chi connectivity index (χ1) is 10.5. The Hall–Kier alpha value is -2.08. The first-order valence-corrected chi connectivity index (χ1v) is 8.36. The maximum Gasteiger partial charge on any atom is 0.240 e. The molecule has 6 heteroatoms. The average Bonchev–Trinajstić information content (AvgIpc) is 2.53. The highest BCUT2D eigenvalue weighted by atomic mass is 35.5. The van der Waals surface area contributed by atoms with Gasteiger partial charge in [0, 0.05) is 12.2 Å². The van der Waals surface area contributed by atoms with Crippen LogP contribution >= 0.6 is 12.4 Å². The monoisotopic (exact) mass is 348 g/mol.